The third-order valence-corrected chi connectivity index (χ3v) is 10.2. The van der Waals surface area contributed by atoms with Gasteiger partial charge in [0.05, 0.1) is 10.4 Å². The van der Waals surface area contributed by atoms with E-state index >= 15 is 0 Å². The maximum absolute atomic E-state index is 14.2. The van der Waals surface area contributed by atoms with E-state index in [0.29, 0.717) is 61.4 Å². The van der Waals surface area contributed by atoms with Crippen LogP contribution in [0.2, 0.25) is 0 Å². The second kappa shape index (κ2) is 12.1. The predicted molar refractivity (Wildman–Crippen MR) is 147 cm³/mol. The molecule has 2 aromatic rings. The quantitative estimate of drug-likeness (QED) is 0.438. The number of piperidine rings is 1. The summed E-state index contributed by atoms with van der Waals surface area (Å²) >= 11 is 0.622. The Morgan fingerprint density at radius 2 is 1.79 bits per heavy atom. The molecule has 3 saturated heterocycles. The second-order valence-corrected chi connectivity index (χ2v) is 13.0. The van der Waals surface area contributed by atoms with Crippen LogP contribution < -0.4 is 5.32 Å². The van der Waals surface area contributed by atoms with Crippen LogP contribution in [0.1, 0.15) is 65.9 Å². The molecular formula is C26H31F6N5O3S2. The number of anilines is 1. The topological polar surface area (TPSA) is 95.5 Å². The summed E-state index contributed by atoms with van der Waals surface area (Å²) in [5.41, 5.74) is -2.40. The van der Waals surface area contributed by atoms with E-state index in [1.54, 1.807) is 0 Å². The summed E-state index contributed by atoms with van der Waals surface area (Å²) in [6.45, 7) is 5.29. The lowest BCUT2D eigenvalue weighted by molar-refractivity contribution is -0.137. The van der Waals surface area contributed by atoms with Crippen molar-refractivity contribution < 1.29 is 40.1 Å². The Kier molecular flexibility index (Phi) is 9.26. The molecule has 2 aromatic heterocycles. The molecule has 0 aromatic carbocycles. The van der Waals surface area contributed by atoms with Crippen molar-refractivity contribution in [2.75, 3.05) is 43.0 Å². The molecule has 3 aliphatic heterocycles. The number of alkyl halides is 6. The van der Waals surface area contributed by atoms with Crippen LogP contribution in [0.3, 0.4) is 0 Å². The van der Waals surface area contributed by atoms with Crippen molar-refractivity contribution in [1.82, 2.24) is 19.8 Å². The van der Waals surface area contributed by atoms with Crippen LogP contribution in [-0.2, 0) is 17.0 Å². The SMILES string of the molecule is CC.CC1CCCCN1C(=O)c1nc(C(=O)N2CC3(C2)CS(=O)C3)sc1-c1cnc(NCC(F)(F)F)cc1C(F)(F)F. The molecule has 42 heavy (non-hydrogen) atoms. The zero-order chi connectivity index (χ0) is 31.0. The smallest absolute Gasteiger partial charge is 0.361 e. The number of pyridine rings is 1. The Bertz CT molecular complexity index is 1350. The molecule has 16 heteroatoms. The van der Waals surface area contributed by atoms with E-state index in [1.165, 1.54) is 9.80 Å². The zero-order valence-corrected chi connectivity index (χ0v) is 24.8. The zero-order valence-electron chi connectivity index (χ0n) is 23.2. The van der Waals surface area contributed by atoms with E-state index in [-0.39, 0.29) is 27.0 Å². The van der Waals surface area contributed by atoms with Gasteiger partial charge in [-0.2, -0.15) is 26.3 Å². The molecule has 0 aliphatic carbocycles. The summed E-state index contributed by atoms with van der Waals surface area (Å²) in [5.74, 6) is -0.863. The van der Waals surface area contributed by atoms with Crippen molar-refractivity contribution in [2.24, 2.45) is 5.41 Å². The maximum Gasteiger partial charge on any atom is 0.417 e. The van der Waals surface area contributed by atoms with Crippen LogP contribution in [-0.4, -0.2) is 85.7 Å². The molecule has 1 N–H and O–H groups in total. The molecule has 5 heterocycles. The van der Waals surface area contributed by atoms with E-state index in [2.05, 4.69) is 9.97 Å². The molecule has 1 unspecified atom stereocenters. The van der Waals surface area contributed by atoms with Gasteiger partial charge >= 0.3 is 12.4 Å². The summed E-state index contributed by atoms with van der Waals surface area (Å²) < 4.78 is 91.9. The van der Waals surface area contributed by atoms with Crippen molar-refractivity contribution in [3.05, 3.63) is 28.5 Å². The molecule has 8 nitrogen and oxygen atoms in total. The van der Waals surface area contributed by atoms with Gasteiger partial charge in [-0.1, -0.05) is 13.8 Å². The van der Waals surface area contributed by atoms with Crippen molar-refractivity contribution in [3.63, 3.8) is 0 Å². The number of rotatable bonds is 5. The number of nitrogens with one attached hydrogen (secondary N) is 1. The minimum Gasteiger partial charge on any atom is -0.361 e. The van der Waals surface area contributed by atoms with Gasteiger partial charge in [0.15, 0.2) is 5.01 Å². The predicted octanol–water partition coefficient (Wildman–Crippen LogP) is 5.44. The highest BCUT2D eigenvalue weighted by molar-refractivity contribution is 7.86. The molecule has 2 amide bonds. The summed E-state index contributed by atoms with van der Waals surface area (Å²) in [6, 6.07) is 0.259. The summed E-state index contributed by atoms with van der Waals surface area (Å²) in [7, 11) is -0.922. The Morgan fingerprint density at radius 1 is 1.12 bits per heavy atom. The number of hydrogen-bond donors (Lipinski definition) is 1. The number of aromatic nitrogens is 2. The molecule has 0 saturated carbocycles. The number of thiazole rings is 1. The van der Waals surface area contributed by atoms with Crippen molar-refractivity contribution in [1.29, 1.82) is 0 Å². The van der Waals surface area contributed by atoms with Gasteiger partial charge in [0, 0.05) is 65.2 Å². The lowest BCUT2D eigenvalue weighted by Crippen LogP contribution is -2.67. The number of carbonyl (C=O) groups is 2. The third kappa shape index (κ3) is 6.74. The standard InChI is InChI=1S/C24H25F6N5O3S2.C2H6/c1-13-4-2-3-5-35(13)20(36)17-18(39-19(33-17)21(37)34-9-22(10-34)11-40(38)12-22)14-7-31-16(32-8-23(25,26)27)6-15(14)24(28,29)30;1-2/h6-7,13H,2-5,8-12H2,1H3,(H,31,32);1-2H3. The van der Waals surface area contributed by atoms with Crippen molar-refractivity contribution >= 4 is 39.8 Å². The fraction of sp³-hybridized carbons (Fsp3) is 0.615. The van der Waals surface area contributed by atoms with Gasteiger partial charge in [-0.05, 0) is 32.3 Å². The first-order valence-electron chi connectivity index (χ1n) is 13.5. The minimum absolute atomic E-state index is 0.175. The first kappa shape index (κ1) is 32.2. The largest absolute Gasteiger partial charge is 0.417 e. The third-order valence-electron chi connectivity index (χ3n) is 7.27. The molecule has 1 atom stereocenters. The number of likely N-dealkylation sites (tertiary alicyclic amines) is 2. The monoisotopic (exact) mass is 639 g/mol. The molecule has 5 rings (SSSR count). The van der Waals surface area contributed by atoms with Crippen molar-refractivity contribution in [3.8, 4) is 10.4 Å². The number of carbonyl (C=O) groups excluding carboxylic acids is 2. The van der Waals surface area contributed by atoms with E-state index in [1.807, 2.05) is 26.1 Å². The molecule has 3 aliphatic rings. The highest BCUT2D eigenvalue weighted by Gasteiger charge is 2.53. The fourth-order valence-electron chi connectivity index (χ4n) is 5.30. The average molecular weight is 640 g/mol. The van der Waals surface area contributed by atoms with E-state index in [4.69, 9.17) is 0 Å². The van der Waals surface area contributed by atoms with Crippen LogP contribution in [0.25, 0.3) is 10.4 Å². The van der Waals surface area contributed by atoms with Gasteiger partial charge in [0.2, 0.25) is 0 Å². The first-order chi connectivity index (χ1) is 19.7. The van der Waals surface area contributed by atoms with Crippen LogP contribution in [0.5, 0.6) is 0 Å². The highest BCUT2D eigenvalue weighted by atomic mass is 32.2. The van der Waals surface area contributed by atoms with Crippen LogP contribution in [0.4, 0.5) is 32.2 Å². The number of nitrogens with zero attached hydrogens (tertiary/aromatic N) is 4. The van der Waals surface area contributed by atoms with Crippen molar-refractivity contribution in [2.45, 2.75) is 58.4 Å². The van der Waals surface area contributed by atoms with Crippen LogP contribution >= 0.6 is 11.3 Å². The van der Waals surface area contributed by atoms with Gasteiger partial charge in [-0.25, -0.2) is 9.97 Å². The lowest BCUT2D eigenvalue weighted by Gasteiger charge is -2.54. The highest BCUT2D eigenvalue weighted by Crippen LogP contribution is 2.44. The molecule has 1 spiro atoms. The Morgan fingerprint density at radius 3 is 2.36 bits per heavy atom. The normalized spacial score (nSPS) is 20.4. The molecule has 3 fully saturated rings. The first-order valence-corrected chi connectivity index (χ1v) is 15.8. The van der Waals surface area contributed by atoms with Crippen LogP contribution in [0.15, 0.2) is 12.3 Å². The Hall–Kier alpha value is -2.75. The Balaban J connectivity index is 0.00000198. The summed E-state index contributed by atoms with van der Waals surface area (Å²) in [5, 5.41) is 1.66. The summed E-state index contributed by atoms with van der Waals surface area (Å²) in [4.78, 5) is 37.6. The van der Waals surface area contributed by atoms with Crippen LogP contribution in [0, 0.1) is 5.41 Å². The van der Waals surface area contributed by atoms with E-state index in [9.17, 15) is 40.1 Å². The van der Waals surface area contributed by atoms with Gasteiger partial charge in [-0.3, -0.25) is 13.8 Å². The number of halogens is 6. The second-order valence-electron chi connectivity index (χ2n) is 10.5. The van der Waals surface area contributed by atoms with Gasteiger partial charge in [-0.15, -0.1) is 11.3 Å². The van der Waals surface area contributed by atoms with E-state index in [0.717, 1.165) is 12.6 Å². The van der Waals surface area contributed by atoms with Gasteiger partial charge in [0.1, 0.15) is 18.1 Å². The number of amides is 2. The fourth-order valence-corrected chi connectivity index (χ4v) is 7.99. The van der Waals surface area contributed by atoms with E-state index < -0.39 is 58.5 Å². The lowest BCUT2D eigenvalue weighted by atomic mass is 9.83. The summed E-state index contributed by atoms with van der Waals surface area (Å²) in [6.07, 6.45) is -6.66. The average Bonchev–Trinajstić information content (AvgIpc) is 3.34. The van der Waals surface area contributed by atoms with Gasteiger partial charge in [0.25, 0.3) is 11.8 Å². The maximum atomic E-state index is 14.2. The Labute approximate surface area is 245 Å². The molecule has 0 bridgehead atoms. The minimum atomic E-state index is -5.01. The van der Waals surface area contributed by atoms with Gasteiger partial charge < -0.3 is 15.1 Å². The molecule has 232 valence electrons. The molecule has 0 radical (unpaired) electrons. The molecular weight excluding hydrogens is 608 g/mol. The number of hydrogen-bond acceptors (Lipinski definition) is 7.